The smallest absolute Gasteiger partial charge is 0.255 e. The maximum absolute atomic E-state index is 12.2. The third kappa shape index (κ3) is 3.91. The largest absolute Gasteiger partial charge is 0.384 e. The number of hydrogen-bond donors (Lipinski definition) is 2. The first kappa shape index (κ1) is 14.8. The number of aryl methyl sites for hydroxylation is 2. The summed E-state index contributed by atoms with van der Waals surface area (Å²) in [6, 6.07) is 10.6. The quantitative estimate of drug-likeness (QED) is 0.830. The van der Waals surface area contributed by atoms with Crippen molar-refractivity contribution >= 4 is 11.6 Å². The Hall–Kier alpha value is -2.64. The molecule has 0 aliphatic carbocycles. The first-order valence-corrected chi connectivity index (χ1v) is 6.55. The van der Waals surface area contributed by atoms with Crippen molar-refractivity contribution in [1.29, 1.82) is 0 Å². The first-order valence-electron chi connectivity index (χ1n) is 6.55. The van der Waals surface area contributed by atoms with Gasteiger partial charge in [0.05, 0.1) is 11.4 Å². The molecule has 1 amide bonds. The molecule has 1 aromatic carbocycles. The molecule has 4 nitrogen and oxygen atoms in total. The second kappa shape index (κ2) is 6.69. The van der Waals surface area contributed by atoms with Crippen molar-refractivity contribution in [3.63, 3.8) is 0 Å². The topological polar surface area (TPSA) is 62.2 Å². The highest BCUT2D eigenvalue weighted by Gasteiger charge is 2.08. The maximum Gasteiger partial charge on any atom is 0.255 e. The summed E-state index contributed by atoms with van der Waals surface area (Å²) in [5.74, 6) is 5.16. The van der Waals surface area contributed by atoms with Gasteiger partial charge in [0.2, 0.25) is 0 Å². The summed E-state index contributed by atoms with van der Waals surface area (Å²) >= 11 is 0. The summed E-state index contributed by atoms with van der Waals surface area (Å²) in [5.41, 5.74) is 3.71. The van der Waals surface area contributed by atoms with Crippen LogP contribution in [-0.2, 0) is 0 Å². The molecule has 1 heterocycles. The Morgan fingerprint density at radius 3 is 2.52 bits per heavy atom. The van der Waals surface area contributed by atoms with Gasteiger partial charge in [0.25, 0.3) is 5.91 Å². The number of benzene rings is 1. The van der Waals surface area contributed by atoms with Crippen LogP contribution in [-0.4, -0.2) is 22.6 Å². The molecule has 0 saturated heterocycles. The minimum atomic E-state index is -0.189. The highest BCUT2D eigenvalue weighted by atomic mass is 16.2. The van der Waals surface area contributed by atoms with Crippen molar-refractivity contribution in [3.05, 3.63) is 58.9 Å². The van der Waals surface area contributed by atoms with Crippen LogP contribution >= 0.6 is 0 Å². The normalized spacial score (nSPS) is 9.67. The average Bonchev–Trinajstić information content (AvgIpc) is 2.48. The van der Waals surface area contributed by atoms with Gasteiger partial charge in [-0.3, -0.25) is 9.78 Å². The third-order valence-electron chi connectivity index (χ3n) is 2.93. The van der Waals surface area contributed by atoms with Gasteiger partial charge in [0, 0.05) is 16.8 Å². The SMILES string of the molecule is Cc1ccc(NC(=O)c2ccc(C#CCO)cc2)c(C)n1. The zero-order valence-electron chi connectivity index (χ0n) is 12.0. The highest BCUT2D eigenvalue weighted by molar-refractivity contribution is 6.04. The van der Waals surface area contributed by atoms with E-state index in [1.165, 1.54) is 0 Å². The van der Waals surface area contributed by atoms with Gasteiger partial charge >= 0.3 is 0 Å². The predicted octanol–water partition coefficient (Wildman–Crippen LogP) is 2.29. The Labute approximate surface area is 123 Å². The van der Waals surface area contributed by atoms with Gasteiger partial charge in [0.15, 0.2) is 0 Å². The Morgan fingerprint density at radius 2 is 1.90 bits per heavy atom. The number of anilines is 1. The van der Waals surface area contributed by atoms with Crippen molar-refractivity contribution in [1.82, 2.24) is 4.98 Å². The van der Waals surface area contributed by atoms with Crippen molar-refractivity contribution in [2.75, 3.05) is 11.9 Å². The molecule has 0 aliphatic rings. The van der Waals surface area contributed by atoms with Gasteiger partial charge in [-0.1, -0.05) is 11.8 Å². The van der Waals surface area contributed by atoms with Crippen LogP contribution in [0.4, 0.5) is 5.69 Å². The fourth-order valence-electron chi connectivity index (χ4n) is 1.86. The maximum atomic E-state index is 12.2. The Kier molecular flexibility index (Phi) is 4.70. The van der Waals surface area contributed by atoms with E-state index >= 15 is 0 Å². The average molecular weight is 280 g/mol. The summed E-state index contributed by atoms with van der Waals surface area (Å²) in [6.07, 6.45) is 0. The van der Waals surface area contributed by atoms with Crippen molar-refractivity contribution in [2.45, 2.75) is 13.8 Å². The van der Waals surface area contributed by atoms with E-state index in [0.717, 1.165) is 17.0 Å². The van der Waals surface area contributed by atoms with E-state index < -0.39 is 0 Å². The number of amides is 1. The van der Waals surface area contributed by atoms with E-state index in [-0.39, 0.29) is 12.5 Å². The molecule has 1 aromatic heterocycles. The molecule has 0 unspecified atom stereocenters. The van der Waals surface area contributed by atoms with E-state index in [4.69, 9.17) is 5.11 Å². The molecule has 4 heteroatoms. The van der Waals surface area contributed by atoms with E-state index in [9.17, 15) is 4.79 Å². The number of carbonyl (C=O) groups excluding carboxylic acids is 1. The van der Waals surface area contributed by atoms with Gasteiger partial charge < -0.3 is 10.4 Å². The van der Waals surface area contributed by atoms with Gasteiger partial charge in [0.1, 0.15) is 6.61 Å². The lowest BCUT2D eigenvalue weighted by atomic mass is 10.1. The van der Waals surface area contributed by atoms with Gasteiger partial charge in [-0.25, -0.2) is 0 Å². The zero-order chi connectivity index (χ0) is 15.2. The van der Waals surface area contributed by atoms with Crippen LogP contribution in [0.15, 0.2) is 36.4 Å². The van der Waals surface area contributed by atoms with E-state index in [2.05, 4.69) is 22.1 Å². The van der Waals surface area contributed by atoms with Gasteiger partial charge in [-0.15, -0.1) is 0 Å². The second-order valence-electron chi connectivity index (χ2n) is 4.58. The van der Waals surface area contributed by atoms with Crippen molar-refractivity contribution < 1.29 is 9.90 Å². The molecule has 2 rings (SSSR count). The van der Waals surface area contributed by atoms with Crippen LogP contribution in [0.3, 0.4) is 0 Å². The van der Waals surface area contributed by atoms with Crippen LogP contribution < -0.4 is 5.32 Å². The van der Waals surface area contributed by atoms with Crippen LogP contribution in [0, 0.1) is 25.7 Å². The van der Waals surface area contributed by atoms with Crippen LogP contribution in [0.2, 0.25) is 0 Å². The number of nitrogens with zero attached hydrogens (tertiary/aromatic N) is 1. The number of hydrogen-bond acceptors (Lipinski definition) is 3. The monoisotopic (exact) mass is 280 g/mol. The molecule has 0 aliphatic heterocycles. The Morgan fingerprint density at radius 1 is 1.19 bits per heavy atom. The predicted molar refractivity (Wildman–Crippen MR) is 82.1 cm³/mol. The molecule has 0 radical (unpaired) electrons. The molecule has 0 atom stereocenters. The first-order chi connectivity index (χ1) is 10.1. The van der Waals surface area contributed by atoms with Crippen LogP contribution in [0.5, 0.6) is 0 Å². The summed E-state index contributed by atoms with van der Waals surface area (Å²) in [7, 11) is 0. The lowest BCUT2D eigenvalue weighted by Crippen LogP contribution is -2.13. The molecule has 0 saturated carbocycles. The lowest BCUT2D eigenvalue weighted by molar-refractivity contribution is 0.102. The minimum absolute atomic E-state index is 0.179. The van der Waals surface area contributed by atoms with Crippen molar-refractivity contribution in [2.24, 2.45) is 0 Å². The molecule has 21 heavy (non-hydrogen) atoms. The second-order valence-corrected chi connectivity index (χ2v) is 4.58. The molecule has 2 aromatic rings. The Balaban J connectivity index is 2.13. The van der Waals surface area contributed by atoms with Crippen LogP contribution in [0.1, 0.15) is 27.3 Å². The van der Waals surface area contributed by atoms with E-state index in [1.54, 1.807) is 24.3 Å². The lowest BCUT2D eigenvalue weighted by Gasteiger charge is -2.08. The van der Waals surface area contributed by atoms with Gasteiger partial charge in [-0.05, 0) is 50.2 Å². The number of aliphatic hydroxyl groups excluding tert-OH is 1. The molecule has 106 valence electrons. The third-order valence-corrected chi connectivity index (χ3v) is 2.93. The number of aliphatic hydroxyl groups is 1. The number of nitrogens with one attached hydrogen (secondary N) is 1. The molecule has 0 bridgehead atoms. The summed E-state index contributed by atoms with van der Waals surface area (Å²) in [5, 5.41) is 11.5. The number of pyridine rings is 1. The van der Waals surface area contributed by atoms with E-state index in [0.29, 0.717) is 11.3 Å². The fourth-order valence-corrected chi connectivity index (χ4v) is 1.86. The standard InChI is InChI=1S/C17H16N2O2/c1-12-5-10-16(13(2)18-12)19-17(21)15-8-6-14(7-9-15)4-3-11-20/h5-10,20H,11H2,1-2H3,(H,19,21). The number of carbonyl (C=O) groups is 1. The molecule has 2 N–H and O–H groups in total. The molecular formula is C17H16N2O2. The zero-order valence-corrected chi connectivity index (χ0v) is 12.0. The fraction of sp³-hybridized carbons (Fsp3) is 0.176. The van der Waals surface area contributed by atoms with Gasteiger partial charge in [-0.2, -0.15) is 0 Å². The van der Waals surface area contributed by atoms with E-state index in [1.807, 2.05) is 26.0 Å². The summed E-state index contributed by atoms with van der Waals surface area (Å²) in [4.78, 5) is 16.5. The summed E-state index contributed by atoms with van der Waals surface area (Å²) in [6.45, 7) is 3.59. The molecule has 0 fully saturated rings. The van der Waals surface area contributed by atoms with Crippen molar-refractivity contribution in [3.8, 4) is 11.8 Å². The van der Waals surface area contributed by atoms with Crippen LogP contribution in [0.25, 0.3) is 0 Å². The number of rotatable bonds is 2. The minimum Gasteiger partial charge on any atom is -0.384 e. The highest BCUT2D eigenvalue weighted by Crippen LogP contribution is 2.14. The molecular weight excluding hydrogens is 264 g/mol. The summed E-state index contributed by atoms with van der Waals surface area (Å²) < 4.78 is 0. The number of aromatic nitrogens is 1. The molecule has 0 spiro atoms. The Bertz CT molecular complexity index is 710.